The average molecular weight is 299 g/mol. The first-order chi connectivity index (χ1) is 8.97. The molecule has 0 unspecified atom stereocenters. The second-order valence-corrected chi connectivity index (χ2v) is 4.72. The van der Waals surface area contributed by atoms with E-state index >= 15 is 0 Å². The second kappa shape index (κ2) is 5.59. The highest BCUT2D eigenvalue weighted by atomic mass is 35.5. The van der Waals surface area contributed by atoms with Crippen molar-refractivity contribution in [1.82, 2.24) is 0 Å². The van der Waals surface area contributed by atoms with E-state index in [0.29, 0.717) is 10.0 Å². The first kappa shape index (κ1) is 13.8. The van der Waals surface area contributed by atoms with Gasteiger partial charge in [-0.05, 0) is 37.3 Å². The van der Waals surface area contributed by atoms with Crippen LogP contribution in [0.5, 0.6) is 11.5 Å². The molecule has 2 aromatic rings. The molecule has 19 heavy (non-hydrogen) atoms. The van der Waals surface area contributed by atoms with Crippen LogP contribution in [0.2, 0.25) is 10.0 Å². The highest BCUT2D eigenvalue weighted by molar-refractivity contribution is 6.34. The fraction of sp³-hybridized carbons (Fsp3) is 0.0714. The van der Waals surface area contributed by atoms with Gasteiger partial charge in [0.05, 0.1) is 5.02 Å². The standard InChI is InChI=1S/C14H9Cl2FO2/c1-8(18)9-2-5-13(12(17)6-9)19-14-7-10(15)3-4-11(14)16/h2-7H,1H3. The Kier molecular flexibility index (Phi) is 4.08. The van der Waals surface area contributed by atoms with E-state index in [-0.39, 0.29) is 22.8 Å². The number of rotatable bonds is 3. The van der Waals surface area contributed by atoms with Crippen LogP contribution in [0.4, 0.5) is 4.39 Å². The predicted molar refractivity (Wildman–Crippen MR) is 72.9 cm³/mol. The zero-order valence-electron chi connectivity index (χ0n) is 9.91. The van der Waals surface area contributed by atoms with Crippen LogP contribution < -0.4 is 4.74 Å². The van der Waals surface area contributed by atoms with Gasteiger partial charge in [0.25, 0.3) is 0 Å². The maximum atomic E-state index is 13.8. The Hall–Kier alpha value is -1.58. The molecule has 2 aromatic carbocycles. The summed E-state index contributed by atoms with van der Waals surface area (Å²) in [6.45, 7) is 1.36. The van der Waals surface area contributed by atoms with Crippen LogP contribution in [0.15, 0.2) is 36.4 Å². The summed E-state index contributed by atoms with van der Waals surface area (Å²) in [5.74, 6) is -0.618. The van der Waals surface area contributed by atoms with E-state index in [0.717, 1.165) is 6.07 Å². The molecule has 0 saturated carbocycles. The fourth-order valence-corrected chi connectivity index (χ4v) is 1.79. The van der Waals surface area contributed by atoms with Gasteiger partial charge in [-0.2, -0.15) is 0 Å². The number of ketones is 1. The summed E-state index contributed by atoms with van der Waals surface area (Å²) in [7, 11) is 0. The summed E-state index contributed by atoms with van der Waals surface area (Å²) in [5, 5.41) is 0.750. The Labute approximate surface area is 119 Å². The van der Waals surface area contributed by atoms with Crippen molar-refractivity contribution in [3.63, 3.8) is 0 Å². The molecular weight excluding hydrogens is 290 g/mol. The fourth-order valence-electron chi connectivity index (χ4n) is 1.48. The van der Waals surface area contributed by atoms with Gasteiger partial charge in [0.2, 0.25) is 0 Å². The van der Waals surface area contributed by atoms with Gasteiger partial charge in [-0.15, -0.1) is 0 Å². The number of halogens is 3. The summed E-state index contributed by atoms with van der Waals surface area (Å²) in [6, 6.07) is 8.63. The van der Waals surface area contributed by atoms with Crippen LogP contribution in [0.25, 0.3) is 0 Å². The van der Waals surface area contributed by atoms with Crippen molar-refractivity contribution in [2.45, 2.75) is 6.92 Å². The minimum atomic E-state index is -0.635. The molecule has 0 aromatic heterocycles. The monoisotopic (exact) mass is 298 g/mol. The number of hydrogen-bond donors (Lipinski definition) is 0. The molecular formula is C14H9Cl2FO2. The minimum Gasteiger partial charge on any atom is -0.453 e. The Bertz CT molecular complexity index is 641. The maximum Gasteiger partial charge on any atom is 0.166 e. The van der Waals surface area contributed by atoms with Crippen molar-refractivity contribution in [3.05, 3.63) is 57.8 Å². The van der Waals surface area contributed by atoms with Gasteiger partial charge < -0.3 is 4.74 Å². The number of carbonyl (C=O) groups is 1. The Morgan fingerprint density at radius 2 is 1.84 bits per heavy atom. The van der Waals surface area contributed by atoms with Crippen LogP contribution in [0, 0.1) is 5.82 Å². The van der Waals surface area contributed by atoms with Gasteiger partial charge in [-0.3, -0.25) is 4.79 Å². The first-order valence-electron chi connectivity index (χ1n) is 5.41. The van der Waals surface area contributed by atoms with Crippen molar-refractivity contribution >= 4 is 29.0 Å². The molecule has 98 valence electrons. The van der Waals surface area contributed by atoms with Crippen molar-refractivity contribution in [2.75, 3.05) is 0 Å². The number of hydrogen-bond acceptors (Lipinski definition) is 2. The Morgan fingerprint density at radius 3 is 2.47 bits per heavy atom. The topological polar surface area (TPSA) is 26.3 Å². The van der Waals surface area contributed by atoms with E-state index in [1.54, 1.807) is 12.1 Å². The van der Waals surface area contributed by atoms with E-state index < -0.39 is 5.82 Å². The van der Waals surface area contributed by atoms with Gasteiger partial charge in [0.1, 0.15) is 5.75 Å². The molecule has 0 aliphatic carbocycles. The van der Waals surface area contributed by atoms with Gasteiger partial charge in [-0.25, -0.2) is 4.39 Å². The highest BCUT2D eigenvalue weighted by Gasteiger charge is 2.10. The summed E-state index contributed by atoms with van der Waals surface area (Å²) in [6.07, 6.45) is 0. The van der Waals surface area contributed by atoms with Crippen molar-refractivity contribution in [3.8, 4) is 11.5 Å². The van der Waals surface area contributed by atoms with E-state index in [9.17, 15) is 9.18 Å². The minimum absolute atomic E-state index is 0.0193. The van der Waals surface area contributed by atoms with Crippen LogP contribution in [-0.2, 0) is 0 Å². The van der Waals surface area contributed by atoms with Gasteiger partial charge in [0.15, 0.2) is 17.3 Å². The normalized spacial score (nSPS) is 10.3. The molecule has 2 nitrogen and oxygen atoms in total. The van der Waals surface area contributed by atoms with Crippen LogP contribution in [-0.4, -0.2) is 5.78 Å². The van der Waals surface area contributed by atoms with Crippen LogP contribution in [0.3, 0.4) is 0 Å². The number of carbonyl (C=O) groups excluding carboxylic acids is 1. The third-order valence-corrected chi connectivity index (χ3v) is 3.00. The third kappa shape index (κ3) is 3.25. The molecule has 0 aliphatic heterocycles. The highest BCUT2D eigenvalue weighted by Crippen LogP contribution is 2.33. The molecule has 0 amide bonds. The number of ether oxygens (including phenoxy) is 1. The van der Waals surface area contributed by atoms with Crippen molar-refractivity contribution in [1.29, 1.82) is 0 Å². The quantitative estimate of drug-likeness (QED) is 0.735. The Balaban J connectivity index is 2.33. The summed E-state index contributed by atoms with van der Waals surface area (Å²) in [5.41, 5.74) is 0.280. The first-order valence-corrected chi connectivity index (χ1v) is 6.16. The van der Waals surface area contributed by atoms with E-state index in [2.05, 4.69) is 0 Å². The SMILES string of the molecule is CC(=O)c1ccc(Oc2cc(Cl)ccc2Cl)c(F)c1. The number of benzene rings is 2. The molecule has 0 N–H and O–H groups in total. The van der Waals surface area contributed by atoms with E-state index in [4.69, 9.17) is 27.9 Å². The largest absolute Gasteiger partial charge is 0.453 e. The second-order valence-electron chi connectivity index (χ2n) is 3.88. The Morgan fingerprint density at radius 1 is 1.11 bits per heavy atom. The molecule has 0 saturated heterocycles. The van der Waals surface area contributed by atoms with Crippen molar-refractivity contribution in [2.24, 2.45) is 0 Å². The molecule has 2 rings (SSSR count). The van der Waals surface area contributed by atoms with Gasteiger partial charge in [0, 0.05) is 16.7 Å². The molecule has 0 aliphatic rings. The zero-order chi connectivity index (χ0) is 14.0. The van der Waals surface area contributed by atoms with Crippen molar-refractivity contribution < 1.29 is 13.9 Å². The van der Waals surface area contributed by atoms with Gasteiger partial charge >= 0.3 is 0 Å². The smallest absolute Gasteiger partial charge is 0.166 e. The molecule has 5 heteroatoms. The van der Waals surface area contributed by atoms with E-state index in [1.807, 2.05) is 0 Å². The molecule has 0 atom stereocenters. The van der Waals surface area contributed by atoms with E-state index in [1.165, 1.54) is 25.1 Å². The lowest BCUT2D eigenvalue weighted by atomic mass is 10.1. The molecule has 0 fully saturated rings. The summed E-state index contributed by atoms with van der Waals surface area (Å²) < 4.78 is 19.1. The van der Waals surface area contributed by atoms with Crippen LogP contribution in [0.1, 0.15) is 17.3 Å². The number of Topliss-reactive ketones (excluding diaryl/α,β-unsaturated/α-hetero) is 1. The maximum absolute atomic E-state index is 13.8. The lowest BCUT2D eigenvalue weighted by Gasteiger charge is -2.09. The average Bonchev–Trinajstić information content (AvgIpc) is 2.36. The van der Waals surface area contributed by atoms with Crippen LogP contribution >= 0.6 is 23.2 Å². The molecule has 0 heterocycles. The third-order valence-electron chi connectivity index (χ3n) is 2.45. The zero-order valence-corrected chi connectivity index (χ0v) is 11.4. The van der Waals surface area contributed by atoms with Gasteiger partial charge in [-0.1, -0.05) is 23.2 Å². The molecule has 0 radical (unpaired) electrons. The lowest BCUT2D eigenvalue weighted by Crippen LogP contribution is -1.95. The molecule has 0 bridgehead atoms. The summed E-state index contributed by atoms with van der Waals surface area (Å²) >= 11 is 11.7. The predicted octanol–water partition coefficient (Wildman–Crippen LogP) is 5.13. The molecule has 0 spiro atoms. The summed E-state index contributed by atoms with van der Waals surface area (Å²) in [4.78, 5) is 11.1. The lowest BCUT2D eigenvalue weighted by molar-refractivity contribution is 0.101.